The Morgan fingerprint density at radius 1 is 1.27 bits per heavy atom. The third kappa shape index (κ3) is 3.06. The lowest BCUT2D eigenvalue weighted by atomic mass is 10.4. The highest BCUT2D eigenvalue weighted by atomic mass is 35.5. The Hall–Kier alpha value is 0.160. The topological polar surface area (TPSA) is 40.6 Å². The molecule has 1 unspecified atom stereocenters. The van der Waals surface area contributed by atoms with E-state index in [4.69, 9.17) is 11.6 Å². The van der Waals surface area contributed by atoms with Crippen LogP contribution in [0.4, 0.5) is 0 Å². The maximum Gasteiger partial charge on any atom is 0.217 e. The fourth-order valence-corrected chi connectivity index (χ4v) is 3.45. The first kappa shape index (κ1) is 13.2. The molecule has 0 aromatic heterocycles. The number of nitrogens with zero attached hydrogens (tertiary/aromatic N) is 2. The van der Waals surface area contributed by atoms with Gasteiger partial charge in [-0.05, 0) is 13.5 Å². The number of halogens is 1. The van der Waals surface area contributed by atoms with Gasteiger partial charge in [-0.1, -0.05) is 6.92 Å². The molecule has 6 heteroatoms. The number of hydrogen-bond acceptors (Lipinski definition) is 3. The summed E-state index contributed by atoms with van der Waals surface area (Å²) in [4.78, 5) is 2.25. The molecule has 1 atom stereocenters. The van der Waals surface area contributed by atoms with Gasteiger partial charge in [0.25, 0.3) is 0 Å². The quantitative estimate of drug-likeness (QED) is 0.690. The molecule has 0 aromatic rings. The molecule has 0 radical (unpaired) electrons. The zero-order chi connectivity index (χ0) is 11.5. The van der Waals surface area contributed by atoms with Gasteiger partial charge < -0.3 is 4.90 Å². The molecule has 1 saturated heterocycles. The van der Waals surface area contributed by atoms with Crippen molar-refractivity contribution in [2.24, 2.45) is 0 Å². The predicted molar refractivity (Wildman–Crippen MR) is 62.8 cm³/mol. The SMILES string of the molecule is CCN1CCN(S(=O)(=O)C(C)CCl)CC1. The highest BCUT2D eigenvalue weighted by molar-refractivity contribution is 7.89. The molecule has 0 saturated carbocycles. The smallest absolute Gasteiger partial charge is 0.217 e. The number of rotatable bonds is 4. The van der Waals surface area contributed by atoms with Gasteiger partial charge in [0.1, 0.15) is 0 Å². The van der Waals surface area contributed by atoms with E-state index in [0.717, 1.165) is 19.6 Å². The molecule has 15 heavy (non-hydrogen) atoms. The van der Waals surface area contributed by atoms with E-state index in [1.807, 2.05) is 0 Å². The fourth-order valence-electron chi connectivity index (χ4n) is 1.63. The molecule has 0 bridgehead atoms. The van der Waals surface area contributed by atoms with Crippen LogP contribution in [0, 0.1) is 0 Å². The average Bonchev–Trinajstić information content (AvgIpc) is 2.28. The summed E-state index contributed by atoms with van der Waals surface area (Å²) in [5.41, 5.74) is 0. The first-order valence-electron chi connectivity index (χ1n) is 5.29. The molecule has 1 heterocycles. The van der Waals surface area contributed by atoms with E-state index < -0.39 is 15.3 Å². The van der Waals surface area contributed by atoms with Crippen molar-refractivity contribution >= 4 is 21.6 Å². The largest absolute Gasteiger partial charge is 0.301 e. The van der Waals surface area contributed by atoms with Gasteiger partial charge in [-0.3, -0.25) is 0 Å². The zero-order valence-corrected chi connectivity index (χ0v) is 10.9. The van der Waals surface area contributed by atoms with Gasteiger partial charge in [0.05, 0.1) is 5.25 Å². The predicted octanol–water partition coefficient (Wildman–Crippen LogP) is 0.581. The van der Waals surface area contributed by atoms with Crippen molar-refractivity contribution in [3.05, 3.63) is 0 Å². The number of piperazine rings is 1. The molecule has 90 valence electrons. The van der Waals surface area contributed by atoms with E-state index in [1.54, 1.807) is 11.2 Å². The summed E-state index contributed by atoms with van der Waals surface area (Å²) in [6.07, 6.45) is 0. The molecule has 0 aliphatic carbocycles. The van der Waals surface area contributed by atoms with Crippen LogP contribution in [0.15, 0.2) is 0 Å². The van der Waals surface area contributed by atoms with Crippen LogP contribution in [0.3, 0.4) is 0 Å². The van der Waals surface area contributed by atoms with Crippen LogP contribution in [-0.2, 0) is 10.0 Å². The summed E-state index contributed by atoms with van der Waals surface area (Å²) in [7, 11) is -3.17. The van der Waals surface area contributed by atoms with E-state index in [-0.39, 0.29) is 5.88 Å². The van der Waals surface area contributed by atoms with Crippen LogP contribution in [0.5, 0.6) is 0 Å². The minimum atomic E-state index is -3.17. The van der Waals surface area contributed by atoms with Gasteiger partial charge in [0.15, 0.2) is 0 Å². The molecule has 0 spiro atoms. The van der Waals surface area contributed by atoms with Crippen molar-refractivity contribution in [1.82, 2.24) is 9.21 Å². The summed E-state index contributed by atoms with van der Waals surface area (Å²) < 4.78 is 25.4. The standard InChI is InChI=1S/C9H19ClN2O2S/c1-3-11-4-6-12(7-5-11)15(13,14)9(2)8-10/h9H,3-8H2,1-2H3. The molecular formula is C9H19ClN2O2S. The van der Waals surface area contributed by atoms with Gasteiger partial charge in [-0.15, -0.1) is 11.6 Å². The van der Waals surface area contributed by atoms with E-state index in [9.17, 15) is 8.42 Å². The molecule has 0 amide bonds. The second kappa shape index (κ2) is 5.48. The van der Waals surface area contributed by atoms with Gasteiger partial charge >= 0.3 is 0 Å². The molecule has 4 nitrogen and oxygen atoms in total. The van der Waals surface area contributed by atoms with Crippen molar-refractivity contribution in [2.45, 2.75) is 19.1 Å². The Kier molecular flexibility index (Phi) is 4.83. The Morgan fingerprint density at radius 2 is 1.80 bits per heavy atom. The van der Waals surface area contributed by atoms with Crippen LogP contribution < -0.4 is 0 Å². The van der Waals surface area contributed by atoms with E-state index in [0.29, 0.717) is 13.1 Å². The van der Waals surface area contributed by atoms with Crippen molar-refractivity contribution < 1.29 is 8.42 Å². The fraction of sp³-hybridized carbons (Fsp3) is 1.00. The summed E-state index contributed by atoms with van der Waals surface area (Å²) in [5.74, 6) is 0.163. The van der Waals surface area contributed by atoms with Crippen LogP contribution in [-0.4, -0.2) is 61.5 Å². The van der Waals surface area contributed by atoms with Crippen molar-refractivity contribution in [3.63, 3.8) is 0 Å². The zero-order valence-electron chi connectivity index (χ0n) is 9.32. The lowest BCUT2D eigenvalue weighted by Gasteiger charge is -2.34. The van der Waals surface area contributed by atoms with Crippen LogP contribution in [0.25, 0.3) is 0 Å². The van der Waals surface area contributed by atoms with E-state index in [2.05, 4.69) is 11.8 Å². The second-order valence-electron chi connectivity index (χ2n) is 3.84. The first-order valence-corrected chi connectivity index (χ1v) is 7.33. The Labute approximate surface area is 97.2 Å². The minimum Gasteiger partial charge on any atom is -0.301 e. The highest BCUT2D eigenvalue weighted by Gasteiger charge is 2.30. The van der Waals surface area contributed by atoms with Gasteiger partial charge in [-0.2, -0.15) is 4.31 Å². The van der Waals surface area contributed by atoms with Crippen LogP contribution >= 0.6 is 11.6 Å². The molecule has 1 aliphatic rings. The summed E-state index contributed by atoms with van der Waals surface area (Å²) in [5, 5.41) is -0.479. The number of alkyl halides is 1. The summed E-state index contributed by atoms with van der Waals surface area (Å²) in [6.45, 7) is 7.57. The lowest BCUT2D eigenvalue weighted by Crippen LogP contribution is -2.50. The van der Waals surface area contributed by atoms with E-state index >= 15 is 0 Å². The van der Waals surface area contributed by atoms with Crippen molar-refractivity contribution in [2.75, 3.05) is 38.6 Å². The number of hydrogen-bond donors (Lipinski definition) is 0. The third-order valence-electron chi connectivity index (χ3n) is 2.86. The number of likely N-dealkylation sites (N-methyl/N-ethyl adjacent to an activating group) is 1. The molecule has 0 aromatic carbocycles. The Bertz CT molecular complexity index is 286. The molecular weight excluding hydrogens is 236 g/mol. The van der Waals surface area contributed by atoms with Crippen LogP contribution in [0.2, 0.25) is 0 Å². The normalized spacial score (nSPS) is 22.9. The molecule has 0 N–H and O–H groups in total. The third-order valence-corrected chi connectivity index (χ3v) is 5.78. The lowest BCUT2D eigenvalue weighted by molar-refractivity contribution is 0.195. The summed E-state index contributed by atoms with van der Waals surface area (Å²) in [6, 6.07) is 0. The second-order valence-corrected chi connectivity index (χ2v) is 6.50. The van der Waals surface area contributed by atoms with Gasteiger partial charge in [0.2, 0.25) is 10.0 Å². The van der Waals surface area contributed by atoms with Crippen LogP contribution in [0.1, 0.15) is 13.8 Å². The average molecular weight is 255 g/mol. The molecule has 1 fully saturated rings. The Morgan fingerprint density at radius 3 is 2.20 bits per heavy atom. The van der Waals surface area contributed by atoms with Crippen molar-refractivity contribution in [3.8, 4) is 0 Å². The molecule has 1 aliphatic heterocycles. The van der Waals surface area contributed by atoms with Gasteiger partial charge in [0, 0.05) is 32.1 Å². The maximum atomic E-state index is 11.9. The molecule has 1 rings (SSSR count). The monoisotopic (exact) mass is 254 g/mol. The minimum absolute atomic E-state index is 0.163. The van der Waals surface area contributed by atoms with E-state index in [1.165, 1.54) is 0 Å². The van der Waals surface area contributed by atoms with Crippen molar-refractivity contribution in [1.29, 1.82) is 0 Å². The summed E-state index contributed by atoms with van der Waals surface area (Å²) >= 11 is 5.60. The number of sulfonamides is 1. The first-order chi connectivity index (χ1) is 7.02. The highest BCUT2D eigenvalue weighted by Crippen LogP contribution is 2.13. The maximum absolute atomic E-state index is 11.9. The van der Waals surface area contributed by atoms with Gasteiger partial charge in [-0.25, -0.2) is 8.42 Å². The Balaban J connectivity index is 2.60.